The fourth-order valence-corrected chi connectivity index (χ4v) is 1.84. The van der Waals surface area contributed by atoms with E-state index < -0.39 is 6.09 Å². The first-order valence-electron chi connectivity index (χ1n) is 6.31. The minimum atomic E-state index is -0.561. The lowest BCUT2D eigenvalue weighted by molar-refractivity contribution is 0.215. The predicted octanol–water partition coefficient (Wildman–Crippen LogP) is 2.88. The number of nitrogens with zero attached hydrogens (tertiary/aromatic N) is 3. The molecule has 2 aromatic carbocycles. The molecule has 0 bridgehead atoms. The van der Waals surface area contributed by atoms with Gasteiger partial charge in [0.05, 0.1) is 11.4 Å². The van der Waals surface area contributed by atoms with E-state index >= 15 is 0 Å². The molecule has 1 aromatic heterocycles. The molecule has 0 aliphatic heterocycles. The molecule has 0 saturated heterocycles. The molecule has 21 heavy (non-hydrogen) atoms. The maximum absolute atomic E-state index is 11.9. The van der Waals surface area contributed by atoms with E-state index in [2.05, 4.69) is 15.4 Å². The van der Waals surface area contributed by atoms with E-state index in [1.807, 2.05) is 24.3 Å². The number of carbonyl (C=O) groups is 1. The van der Waals surface area contributed by atoms with Gasteiger partial charge in [0.15, 0.2) is 0 Å². The van der Waals surface area contributed by atoms with Gasteiger partial charge in [0.2, 0.25) is 0 Å². The summed E-state index contributed by atoms with van der Waals surface area (Å²) >= 11 is 0. The maximum atomic E-state index is 11.9. The summed E-state index contributed by atoms with van der Waals surface area (Å²) < 4.78 is 6.76. The van der Waals surface area contributed by atoms with Crippen molar-refractivity contribution in [2.24, 2.45) is 0 Å². The zero-order valence-corrected chi connectivity index (χ0v) is 11.0. The Labute approximate surface area is 121 Å². The number of ether oxygens (including phenoxy) is 1. The molecule has 0 saturated carbocycles. The highest BCUT2D eigenvalue weighted by Gasteiger charge is 2.09. The molecule has 1 amide bonds. The number of nitrogens with one attached hydrogen (secondary N) is 1. The Morgan fingerprint density at radius 3 is 2.57 bits per heavy atom. The van der Waals surface area contributed by atoms with Gasteiger partial charge in [-0.1, -0.05) is 30.3 Å². The predicted molar refractivity (Wildman–Crippen MR) is 77.4 cm³/mol. The molecule has 104 valence electrons. The van der Waals surface area contributed by atoms with Crippen LogP contribution in [0.4, 0.5) is 10.5 Å². The molecule has 3 rings (SSSR count). The molecule has 0 unspecified atom stereocenters. The van der Waals surface area contributed by atoms with E-state index in [0.29, 0.717) is 17.1 Å². The Hall–Kier alpha value is -3.15. The van der Waals surface area contributed by atoms with Crippen LogP contribution in [0.5, 0.6) is 5.75 Å². The number of rotatable bonds is 3. The van der Waals surface area contributed by atoms with Gasteiger partial charge in [-0.2, -0.15) is 5.10 Å². The third-order valence-electron chi connectivity index (χ3n) is 2.76. The van der Waals surface area contributed by atoms with Crippen molar-refractivity contribution in [1.29, 1.82) is 0 Å². The second-order valence-corrected chi connectivity index (χ2v) is 4.18. The molecular weight excluding hydrogens is 268 g/mol. The molecule has 0 fully saturated rings. The third-order valence-corrected chi connectivity index (χ3v) is 2.76. The van der Waals surface area contributed by atoms with Crippen LogP contribution < -0.4 is 10.1 Å². The summed E-state index contributed by atoms with van der Waals surface area (Å²) in [5.74, 6) is 0.480. The zero-order valence-electron chi connectivity index (χ0n) is 11.0. The van der Waals surface area contributed by atoms with Gasteiger partial charge in [0.1, 0.15) is 18.4 Å². The van der Waals surface area contributed by atoms with Gasteiger partial charge in [-0.25, -0.2) is 14.5 Å². The standard InChI is InChI=1S/C15H12N4O2/c20-15(21-12-6-2-1-3-7-12)18-13-8-4-5-9-14(13)19-11-16-10-17-19/h1-11H,(H,18,20). The van der Waals surface area contributed by atoms with Crippen molar-refractivity contribution in [3.8, 4) is 11.4 Å². The zero-order chi connectivity index (χ0) is 14.5. The van der Waals surface area contributed by atoms with Crippen molar-refractivity contribution in [1.82, 2.24) is 14.8 Å². The van der Waals surface area contributed by atoms with Crippen LogP contribution in [0.1, 0.15) is 0 Å². The van der Waals surface area contributed by atoms with Crippen molar-refractivity contribution in [3.63, 3.8) is 0 Å². The van der Waals surface area contributed by atoms with Gasteiger partial charge in [0.25, 0.3) is 0 Å². The Morgan fingerprint density at radius 1 is 1.05 bits per heavy atom. The van der Waals surface area contributed by atoms with Crippen LogP contribution in [0.3, 0.4) is 0 Å². The van der Waals surface area contributed by atoms with Crippen molar-refractivity contribution in [3.05, 3.63) is 67.3 Å². The van der Waals surface area contributed by atoms with Gasteiger partial charge in [0, 0.05) is 0 Å². The van der Waals surface area contributed by atoms with Crippen LogP contribution in [-0.2, 0) is 0 Å². The summed E-state index contributed by atoms with van der Waals surface area (Å²) in [7, 11) is 0. The minimum absolute atomic E-state index is 0.480. The molecule has 3 aromatic rings. The van der Waals surface area contributed by atoms with E-state index in [4.69, 9.17) is 4.74 Å². The summed E-state index contributed by atoms with van der Waals surface area (Å²) in [4.78, 5) is 15.8. The molecule has 0 spiro atoms. The van der Waals surface area contributed by atoms with Crippen LogP contribution in [0.2, 0.25) is 0 Å². The van der Waals surface area contributed by atoms with E-state index in [0.717, 1.165) is 0 Å². The maximum Gasteiger partial charge on any atom is 0.417 e. The van der Waals surface area contributed by atoms with Gasteiger partial charge >= 0.3 is 6.09 Å². The average Bonchev–Trinajstić information content (AvgIpc) is 3.03. The van der Waals surface area contributed by atoms with Gasteiger partial charge < -0.3 is 4.74 Å². The third kappa shape index (κ3) is 3.06. The fraction of sp³-hybridized carbons (Fsp3) is 0. The van der Waals surface area contributed by atoms with Gasteiger partial charge in [-0.15, -0.1) is 0 Å². The quantitative estimate of drug-likeness (QED) is 0.801. The van der Waals surface area contributed by atoms with Crippen molar-refractivity contribution < 1.29 is 9.53 Å². The smallest absolute Gasteiger partial charge is 0.410 e. The molecule has 0 radical (unpaired) electrons. The second-order valence-electron chi connectivity index (χ2n) is 4.18. The number of carbonyl (C=O) groups excluding carboxylic acids is 1. The van der Waals surface area contributed by atoms with Gasteiger partial charge in [-0.3, -0.25) is 5.32 Å². The number of para-hydroxylation sites is 3. The average molecular weight is 280 g/mol. The van der Waals surface area contributed by atoms with E-state index in [-0.39, 0.29) is 0 Å². The number of amides is 1. The largest absolute Gasteiger partial charge is 0.417 e. The summed E-state index contributed by atoms with van der Waals surface area (Å²) in [6, 6.07) is 16.1. The van der Waals surface area contributed by atoms with E-state index in [1.165, 1.54) is 6.33 Å². The van der Waals surface area contributed by atoms with E-state index in [9.17, 15) is 4.79 Å². The molecule has 0 aliphatic rings. The van der Waals surface area contributed by atoms with Crippen LogP contribution in [0.15, 0.2) is 67.3 Å². The van der Waals surface area contributed by atoms with Crippen molar-refractivity contribution in [2.75, 3.05) is 5.32 Å². The fourth-order valence-electron chi connectivity index (χ4n) is 1.84. The Bertz CT molecular complexity index is 726. The highest BCUT2D eigenvalue weighted by Crippen LogP contribution is 2.19. The highest BCUT2D eigenvalue weighted by molar-refractivity contribution is 5.88. The van der Waals surface area contributed by atoms with Crippen LogP contribution in [-0.4, -0.2) is 20.9 Å². The molecular formula is C15H12N4O2. The number of aromatic nitrogens is 3. The number of anilines is 1. The summed E-state index contributed by atoms with van der Waals surface area (Å²) in [6.07, 6.45) is 2.43. The summed E-state index contributed by atoms with van der Waals surface area (Å²) in [5.41, 5.74) is 1.30. The normalized spacial score (nSPS) is 10.1. The van der Waals surface area contributed by atoms with Crippen LogP contribution in [0.25, 0.3) is 5.69 Å². The Kier molecular flexibility index (Phi) is 3.60. The van der Waals surface area contributed by atoms with Gasteiger partial charge in [-0.05, 0) is 24.3 Å². The second kappa shape index (κ2) is 5.87. The molecule has 0 aliphatic carbocycles. The topological polar surface area (TPSA) is 69.0 Å². The molecule has 6 heteroatoms. The first kappa shape index (κ1) is 12.9. The highest BCUT2D eigenvalue weighted by atomic mass is 16.6. The first-order chi connectivity index (χ1) is 10.3. The molecule has 1 heterocycles. The lowest BCUT2D eigenvalue weighted by atomic mass is 10.2. The van der Waals surface area contributed by atoms with Crippen LogP contribution in [0, 0.1) is 0 Å². The SMILES string of the molecule is O=C(Nc1ccccc1-n1cncn1)Oc1ccccc1. The lowest BCUT2D eigenvalue weighted by Crippen LogP contribution is -2.18. The molecule has 0 atom stereocenters. The Morgan fingerprint density at radius 2 is 1.81 bits per heavy atom. The monoisotopic (exact) mass is 280 g/mol. The molecule has 6 nitrogen and oxygen atoms in total. The molecule has 1 N–H and O–H groups in total. The van der Waals surface area contributed by atoms with Crippen molar-refractivity contribution in [2.45, 2.75) is 0 Å². The minimum Gasteiger partial charge on any atom is -0.410 e. The Balaban J connectivity index is 1.78. The lowest BCUT2D eigenvalue weighted by Gasteiger charge is -2.10. The van der Waals surface area contributed by atoms with E-state index in [1.54, 1.807) is 41.3 Å². The summed E-state index contributed by atoms with van der Waals surface area (Å²) in [5, 5.41) is 6.75. The number of hydrogen-bond donors (Lipinski definition) is 1. The summed E-state index contributed by atoms with van der Waals surface area (Å²) in [6.45, 7) is 0. The number of benzene rings is 2. The number of hydrogen-bond acceptors (Lipinski definition) is 4. The van der Waals surface area contributed by atoms with Crippen LogP contribution >= 0.6 is 0 Å². The first-order valence-corrected chi connectivity index (χ1v) is 6.31. The van der Waals surface area contributed by atoms with Crippen molar-refractivity contribution >= 4 is 11.8 Å².